The molecule has 0 aliphatic carbocycles. The van der Waals surface area contributed by atoms with Gasteiger partial charge in [0.1, 0.15) is 0 Å². The standard InChI is InChI=1S/C29H29NO4Se/c1-2-22-18-29(35-24-16-10-5-11-17-24,28(32)34-19-21-12-6-3-7-13-21)27(31)30-25(20-33-26(22)30)23-14-8-4-9-15-23/h3-17,22,25-26H,2,18-20H2,1H3/t22-,25-,26-,29-/m0/s1. The summed E-state index contributed by atoms with van der Waals surface area (Å²) in [6, 6.07) is 29.2. The van der Waals surface area contributed by atoms with Gasteiger partial charge in [0.2, 0.25) is 0 Å². The van der Waals surface area contributed by atoms with E-state index in [9.17, 15) is 9.59 Å². The number of nitrogens with zero attached hydrogens (tertiary/aromatic N) is 1. The minimum atomic E-state index is -1.24. The Labute approximate surface area is 212 Å². The van der Waals surface area contributed by atoms with Crippen LogP contribution in [0.2, 0.25) is 4.31 Å². The van der Waals surface area contributed by atoms with E-state index in [1.807, 2.05) is 95.9 Å². The zero-order chi connectivity index (χ0) is 24.3. The molecular formula is C29H29NO4Se. The van der Waals surface area contributed by atoms with Gasteiger partial charge in [-0.15, -0.1) is 0 Å². The van der Waals surface area contributed by atoms with Gasteiger partial charge in [0, 0.05) is 0 Å². The zero-order valence-electron chi connectivity index (χ0n) is 19.7. The molecule has 0 spiro atoms. The minimum absolute atomic E-state index is 0.0521. The van der Waals surface area contributed by atoms with Crippen molar-refractivity contribution in [3.8, 4) is 0 Å². The molecule has 4 atom stereocenters. The monoisotopic (exact) mass is 535 g/mol. The fourth-order valence-corrected chi connectivity index (χ4v) is 7.81. The molecular weight excluding hydrogens is 505 g/mol. The molecule has 0 bridgehead atoms. The number of hydrogen-bond donors (Lipinski definition) is 0. The molecule has 5 rings (SSSR count). The predicted octanol–water partition coefficient (Wildman–Crippen LogP) is 4.27. The van der Waals surface area contributed by atoms with Crippen LogP contribution in [0.4, 0.5) is 0 Å². The van der Waals surface area contributed by atoms with E-state index in [1.165, 1.54) is 0 Å². The third kappa shape index (κ3) is 4.66. The molecule has 35 heavy (non-hydrogen) atoms. The number of hydrogen-bond acceptors (Lipinski definition) is 4. The number of esters is 1. The van der Waals surface area contributed by atoms with Gasteiger partial charge in [-0.1, -0.05) is 0 Å². The summed E-state index contributed by atoms with van der Waals surface area (Å²) >= 11 is -0.443. The molecule has 2 saturated heterocycles. The predicted molar refractivity (Wildman–Crippen MR) is 135 cm³/mol. The normalized spacial score (nSPS) is 25.8. The van der Waals surface area contributed by atoms with Crippen molar-refractivity contribution in [1.29, 1.82) is 0 Å². The average Bonchev–Trinajstić information content (AvgIpc) is 3.36. The van der Waals surface area contributed by atoms with Crippen LogP contribution in [0.25, 0.3) is 0 Å². The van der Waals surface area contributed by atoms with Crippen LogP contribution in [0.3, 0.4) is 0 Å². The van der Waals surface area contributed by atoms with E-state index in [4.69, 9.17) is 9.47 Å². The van der Waals surface area contributed by atoms with Crippen LogP contribution in [-0.2, 0) is 25.7 Å². The Bertz CT molecular complexity index is 1160. The van der Waals surface area contributed by atoms with Gasteiger partial charge in [-0.2, -0.15) is 0 Å². The van der Waals surface area contributed by atoms with Crippen LogP contribution >= 0.6 is 0 Å². The fourth-order valence-electron chi connectivity index (χ4n) is 5.02. The fraction of sp³-hybridized carbons (Fsp3) is 0.310. The Morgan fingerprint density at radius 1 is 1.00 bits per heavy atom. The Balaban J connectivity index is 1.52. The number of rotatable bonds is 7. The Kier molecular flexibility index (Phi) is 7.05. The third-order valence-corrected chi connectivity index (χ3v) is 9.72. The van der Waals surface area contributed by atoms with Crippen LogP contribution in [0.15, 0.2) is 91.0 Å². The number of carbonyl (C=O) groups excluding carboxylic acids is 2. The van der Waals surface area contributed by atoms with Crippen molar-refractivity contribution >= 4 is 31.3 Å². The Morgan fingerprint density at radius 3 is 2.29 bits per heavy atom. The number of amides is 1. The molecule has 6 heteroatoms. The quantitative estimate of drug-likeness (QED) is 0.258. The summed E-state index contributed by atoms with van der Waals surface area (Å²) in [6.07, 6.45) is 0.932. The van der Waals surface area contributed by atoms with Gasteiger partial charge in [0.15, 0.2) is 0 Å². The van der Waals surface area contributed by atoms with E-state index < -0.39 is 25.2 Å². The third-order valence-electron chi connectivity index (χ3n) is 6.85. The Hall–Kier alpha value is -2.92. The van der Waals surface area contributed by atoms with Crippen LogP contribution in [0.1, 0.15) is 36.9 Å². The van der Waals surface area contributed by atoms with Crippen LogP contribution in [0, 0.1) is 5.92 Å². The summed E-state index contributed by atoms with van der Waals surface area (Å²) in [5.74, 6) is -0.539. The first-order valence-corrected chi connectivity index (χ1v) is 13.8. The zero-order valence-corrected chi connectivity index (χ0v) is 21.4. The van der Waals surface area contributed by atoms with Crippen LogP contribution in [-0.4, -0.2) is 44.6 Å². The summed E-state index contributed by atoms with van der Waals surface area (Å²) in [5.41, 5.74) is 1.93. The van der Waals surface area contributed by atoms with Gasteiger partial charge < -0.3 is 0 Å². The van der Waals surface area contributed by atoms with Gasteiger partial charge in [-0.25, -0.2) is 0 Å². The van der Waals surface area contributed by atoms with E-state index in [-0.39, 0.29) is 30.7 Å². The number of fused-ring (bicyclic) bond motifs is 1. The van der Waals surface area contributed by atoms with Crippen molar-refractivity contribution in [2.24, 2.45) is 5.92 Å². The van der Waals surface area contributed by atoms with Crippen molar-refractivity contribution in [1.82, 2.24) is 4.90 Å². The molecule has 2 fully saturated rings. The SMILES string of the molecule is CC[C@H]1C[C@@]([Se]c2ccccc2)(C(=O)OCc2ccccc2)C(=O)N2[C@H](c3ccccc3)CO[C@@H]12. The van der Waals surface area contributed by atoms with Crippen molar-refractivity contribution < 1.29 is 19.1 Å². The molecule has 0 aromatic heterocycles. The van der Waals surface area contributed by atoms with Gasteiger partial charge >= 0.3 is 213 Å². The first-order valence-electron chi connectivity index (χ1n) is 12.1. The molecule has 2 aliphatic heterocycles. The first-order chi connectivity index (χ1) is 17.1. The van der Waals surface area contributed by atoms with E-state index in [1.54, 1.807) is 0 Å². The number of piperidine rings is 1. The van der Waals surface area contributed by atoms with E-state index in [0.717, 1.165) is 22.0 Å². The number of benzene rings is 3. The van der Waals surface area contributed by atoms with Crippen molar-refractivity contribution in [3.63, 3.8) is 0 Å². The molecule has 0 unspecified atom stereocenters. The average molecular weight is 535 g/mol. The molecule has 0 radical (unpaired) electrons. The molecule has 3 aromatic carbocycles. The van der Waals surface area contributed by atoms with Crippen molar-refractivity contribution in [3.05, 3.63) is 102 Å². The molecule has 0 N–H and O–H groups in total. The molecule has 1 amide bonds. The molecule has 180 valence electrons. The van der Waals surface area contributed by atoms with E-state index >= 15 is 0 Å². The van der Waals surface area contributed by atoms with Crippen molar-refractivity contribution in [2.75, 3.05) is 6.61 Å². The van der Waals surface area contributed by atoms with Gasteiger partial charge in [-0.3, -0.25) is 0 Å². The summed E-state index contributed by atoms with van der Waals surface area (Å²) in [6.45, 7) is 2.69. The Morgan fingerprint density at radius 2 is 1.63 bits per heavy atom. The van der Waals surface area contributed by atoms with Gasteiger partial charge in [-0.05, 0) is 0 Å². The van der Waals surface area contributed by atoms with Crippen molar-refractivity contribution in [2.45, 2.75) is 43.0 Å². The maximum atomic E-state index is 14.4. The van der Waals surface area contributed by atoms with E-state index in [0.29, 0.717) is 13.0 Å². The first kappa shape index (κ1) is 23.8. The second-order valence-electron chi connectivity index (χ2n) is 9.04. The molecule has 3 aromatic rings. The summed E-state index contributed by atoms with van der Waals surface area (Å²) in [5, 5.41) is 0. The number of ether oxygens (including phenoxy) is 2. The number of carbonyl (C=O) groups is 2. The van der Waals surface area contributed by atoms with E-state index in [2.05, 4.69) is 6.92 Å². The van der Waals surface area contributed by atoms with Gasteiger partial charge in [0.05, 0.1) is 0 Å². The topological polar surface area (TPSA) is 55.8 Å². The second kappa shape index (κ2) is 10.4. The maximum absolute atomic E-state index is 14.4. The summed E-state index contributed by atoms with van der Waals surface area (Å²) in [7, 11) is 0. The molecule has 2 aliphatic rings. The molecule has 2 heterocycles. The van der Waals surface area contributed by atoms with Crippen LogP contribution in [0.5, 0.6) is 0 Å². The second-order valence-corrected chi connectivity index (χ2v) is 11.9. The molecule has 0 saturated carbocycles. The summed E-state index contributed by atoms with van der Waals surface area (Å²) < 4.78 is 11.9. The summed E-state index contributed by atoms with van der Waals surface area (Å²) in [4.78, 5) is 30.1. The van der Waals surface area contributed by atoms with Crippen LogP contribution < -0.4 is 4.46 Å². The van der Waals surface area contributed by atoms with Gasteiger partial charge in [0.25, 0.3) is 0 Å². The molecule has 5 nitrogen and oxygen atoms in total.